The van der Waals surface area contributed by atoms with E-state index in [-0.39, 0.29) is 23.9 Å². The summed E-state index contributed by atoms with van der Waals surface area (Å²) in [6.45, 7) is 0.978. The van der Waals surface area contributed by atoms with Gasteiger partial charge in [0, 0.05) is 37.5 Å². The van der Waals surface area contributed by atoms with Crippen molar-refractivity contribution in [3.63, 3.8) is 0 Å². The molecule has 0 radical (unpaired) electrons. The highest BCUT2D eigenvalue weighted by Gasteiger charge is 2.27. The maximum atomic E-state index is 12.3. The van der Waals surface area contributed by atoms with Crippen molar-refractivity contribution < 1.29 is 24.2 Å². The van der Waals surface area contributed by atoms with Gasteiger partial charge in [0.15, 0.2) is 0 Å². The monoisotopic (exact) mass is 389 g/mol. The number of anilines is 2. The van der Waals surface area contributed by atoms with Gasteiger partial charge in [0.05, 0.1) is 12.5 Å². The second-order valence-electron chi connectivity index (χ2n) is 7.37. The van der Waals surface area contributed by atoms with Crippen LogP contribution in [0.4, 0.5) is 16.2 Å². The molecule has 0 bridgehead atoms. The summed E-state index contributed by atoms with van der Waals surface area (Å²) in [4.78, 5) is 37.2. The predicted octanol–water partition coefficient (Wildman–Crippen LogP) is 2.38. The third-order valence-corrected chi connectivity index (χ3v) is 5.47. The van der Waals surface area contributed by atoms with Gasteiger partial charge in [-0.1, -0.05) is 0 Å². The fraction of sp³-hybridized carbons (Fsp3) is 0.550. The first-order chi connectivity index (χ1) is 13.5. The molecule has 0 unspecified atom stereocenters. The molecule has 1 aliphatic carbocycles. The van der Waals surface area contributed by atoms with Crippen LogP contribution in [-0.2, 0) is 20.7 Å². The molecule has 1 saturated carbocycles. The molecule has 8 nitrogen and oxygen atoms in total. The van der Waals surface area contributed by atoms with Crippen LogP contribution in [0.25, 0.3) is 0 Å². The van der Waals surface area contributed by atoms with Crippen LogP contribution in [0.2, 0.25) is 0 Å². The molecule has 0 saturated heterocycles. The van der Waals surface area contributed by atoms with Gasteiger partial charge in [-0.15, -0.1) is 0 Å². The first kappa shape index (κ1) is 20.1. The number of fused-ring (bicyclic) bond motifs is 1. The quantitative estimate of drug-likeness (QED) is 0.692. The van der Waals surface area contributed by atoms with Crippen molar-refractivity contribution in [2.45, 2.75) is 44.6 Å². The Morgan fingerprint density at radius 3 is 2.64 bits per heavy atom. The summed E-state index contributed by atoms with van der Waals surface area (Å²) in [5, 5.41) is 14.8. The summed E-state index contributed by atoms with van der Waals surface area (Å²) >= 11 is 0. The minimum Gasteiger partial charge on any atom is -0.481 e. The van der Waals surface area contributed by atoms with E-state index < -0.39 is 5.97 Å². The van der Waals surface area contributed by atoms with Crippen LogP contribution >= 0.6 is 0 Å². The minimum absolute atomic E-state index is 0.00427. The maximum absolute atomic E-state index is 12.3. The van der Waals surface area contributed by atoms with Crippen molar-refractivity contribution in [1.29, 1.82) is 0 Å². The van der Waals surface area contributed by atoms with Crippen molar-refractivity contribution in [2.75, 3.05) is 30.5 Å². The SMILES string of the molecule is COCCN1C(=O)CCc2cc(NC(=O)NC3CCC(C(=O)O)CC3)ccc21. The Bertz CT molecular complexity index is 743. The lowest BCUT2D eigenvalue weighted by Gasteiger charge is -2.30. The number of aliphatic carboxylic acids is 1. The van der Waals surface area contributed by atoms with Crippen molar-refractivity contribution in [2.24, 2.45) is 5.92 Å². The van der Waals surface area contributed by atoms with Crippen LogP contribution in [0.3, 0.4) is 0 Å². The van der Waals surface area contributed by atoms with E-state index in [9.17, 15) is 14.4 Å². The minimum atomic E-state index is -0.755. The van der Waals surface area contributed by atoms with Crippen LogP contribution in [0, 0.1) is 5.92 Å². The number of aryl methyl sites for hydroxylation is 1. The number of amides is 3. The van der Waals surface area contributed by atoms with E-state index in [0.717, 1.165) is 11.3 Å². The normalized spacial score (nSPS) is 21.8. The Balaban J connectivity index is 1.57. The summed E-state index contributed by atoms with van der Waals surface area (Å²) < 4.78 is 5.08. The van der Waals surface area contributed by atoms with Crippen molar-refractivity contribution in [3.05, 3.63) is 23.8 Å². The van der Waals surface area contributed by atoms with E-state index in [1.807, 2.05) is 12.1 Å². The third-order valence-electron chi connectivity index (χ3n) is 5.47. The molecule has 3 rings (SSSR count). The fourth-order valence-corrected chi connectivity index (χ4v) is 3.90. The molecular weight excluding hydrogens is 362 g/mol. The number of nitrogens with zero attached hydrogens (tertiary/aromatic N) is 1. The lowest BCUT2D eigenvalue weighted by Crippen LogP contribution is -2.41. The standard InChI is InChI=1S/C20H27N3O5/c1-28-11-10-23-17-8-7-16(12-14(17)4-9-18(23)24)22-20(27)21-15-5-2-13(3-6-15)19(25)26/h7-8,12-13,15H,2-6,9-11H2,1H3,(H,25,26)(H2,21,22,27). The smallest absolute Gasteiger partial charge is 0.319 e. The molecule has 3 N–H and O–H groups in total. The van der Waals surface area contributed by atoms with E-state index in [0.29, 0.717) is 57.4 Å². The number of urea groups is 1. The highest BCUT2D eigenvalue weighted by Crippen LogP contribution is 2.30. The summed E-state index contributed by atoms with van der Waals surface area (Å²) in [6, 6.07) is 5.26. The molecule has 3 amide bonds. The van der Waals surface area contributed by atoms with Crippen LogP contribution in [0.1, 0.15) is 37.7 Å². The molecule has 152 valence electrons. The Morgan fingerprint density at radius 1 is 1.21 bits per heavy atom. The zero-order valence-corrected chi connectivity index (χ0v) is 16.1. The van der Waals surface area contributed by atoms with Crippen LogP contribution < -0.4 is 15.5 Å². The number of ether oxygens (including phenoxy) is 1. The Kier molecular flexibility index (Phi) is 6.51. The Labute approximate surface area is 164 Å². The molecule has 0 atom stereocenters. The fourth-order valence-electron chi connectivity index (χ4n) is 3.90. The molecule has 2 aliphatic rings. The van der Waals surface area contributed by atoms with Gasteiger partial charge in [-0.3, -0.25) is 9.59 Å². The third kappa shape index (κ3) is 4.81. The Hall–Kier alpha value is -2.61. The highest BCUT2D eigenvalue weighted by atomic mass is 16.5. The largest absolute Gasteiger partial charge is 0.481 e. The van der Waals surface area contributed by atoms with Gasteiger partial charge in [0.2, 0.25) is 5.91 Å². The number of hydrogen-bond acceptors (Lipinski definition) is 4. The summed E-state index contributed by atoms with van der Waals surface area (Å²) in [5.74, 6) is -0.972. The van der Waals surface area contributed by atoms with Crippen molar-refractivity contribution >= 4 is 29.3 Å². The van der Waals surface area contributed by atoms with Crippen LogP contribution in [0.15, 0.2) is 18.2 Å². The number of carboxylic acid groups (broad SMARTS) is 1. The van der Waals surface area contributed by atoms with Crippen molar-refractivity contribution in [1.82, 2.24) is 5.32 Å². The van der Waals surface area contributed by atoms with Gasteiger partial charge < -0.3 is 25.4 Å². The number of carbonyl (C=O) groups is 3. The van der Waals surface area contributed by atoms with E-state index in [1.165, 1.54) is 0 Å². The molecule has 1 aromatic carbocycles. The van der Waals surface area contributed by atoms with E-state index in [4.69, 9.17) is 9.84 Å². The van der Waals surface area contributed by atoms with Crippen LogP contribution in [-0.4, -0.2) is 49.3 Å². The molecular formula is C20H27N3O5. The Morgan fingerprint density at radius 2 is 1.96 bits per heavy atom. The van der Waals surface area contributed by atoms with Crippen LogP contribution in [0.5, 0.6) is 0 Å². The van der Waals surface area contributed by atoms with Gasteiger partial charge in [-0.05, 0) is 55.9 Å². The summed E-state index contributed by atoms with van der Waals surface area (Å²) in [7, 11) is 1.61. The number of methoxy groups -OCH3 is 1. The van der Waals surface area contributed by atoms with E-state index in [1.54, 1.807) is 18.1 Å². The summed E-state index contributed by atoms with van der Waals surface area (Å²) in [6.07, 6.45) is 3.61. The topological polar surface area (TPSA) is 108 Å². The predicted molar refractivity (Wildman–Crippen MR) is 105 cm³/mol. The second-order valence-corrected chi connectivity index (χ2v) is 7.37. The lowest BCUT2D eigenvalue weighted by atomic mass is 9.86. The average Bonchev–Trinajstić information content (AvgIpc) is 2.67. The number of hydrogen-bond donors (Lipinski definition) is 3. The molecule has 1 aromatic rings. The number of benzene rings is 1. The van der Waals surface area contributed by atoms with Gasteiger partial charge in [0.1, 0.15) is 0 Å². The molecule has 28 heavy (non-hydrogen) atoms. The number of carboxylic acids is 1. The molecule has 1 aliphatic heterocycles. The summed E-state index contributed by atoms with van der Waals surface area (Å²) in [5.41, 5.74) is 2.57. The highest BCUT2D eigenvalue weighted by molar-refractivity contribution is 5.97. The molecule has 0 spiro atoms. The van der Waals surface area contributed by atoms with E-state index >= 15 is 0 Å². The van der Waals surface area contributed by atoms with Gasteiger partial charge in [-0.25, -0.2) is 4.79 Å². The molecule has 0 aromatic heterocycles. The number of carbonyl (C=O) groups excluding carboxylic acids is 2. The number of nitrogens with one attached hydrogen (secondary N) is 2. The van der Waals surface area contributed by atoms with Gasteiger partial charge >= 0.3 is 12.0 Å². The molecule has 8 heteroatoms. The first-order valence-corrected chi connectivity index (χ1v) is 9.70. The average molecular weight is 389 g/mol. The first-order valence-electron chi connectivity index (χ1n) is 9.70. The van der Waals surface area contributed by atoms with Gasteiger partial charge in [-0.2, -0.15) is 0 Å². The molecule has 1 heterocycles. The molecule has 1 fully saturated rings. The zero-order valence-electron chi connectivity index (χ0n) is 16.1. The van der Waals surface area contributed by atoms with Crippen molar-refractivity contribution in [3.8, 4) is 0 Å². The maximum Gasteiger partial charge on any atom is 0.319 e. The van der Waals surface area contributed by atoms with E-state index in [2.05, 4.69) is 10.6 Å². The van der Waals surface area contributed by atoms with Gasteiger partial charge in [0.25, 0.3) is 0 Å². The second kappa shape index (κ2) is 9.05. The lowest BCUT2D eigenvalue weighted by molar-refractivity contribution is -0.142. The zero-order chi connectivity index (χ0) is 20.1. The number of rotatable bonds is 6.